The van der Waals surface area contributed by atoms with Crippen LogP contribution in [0.2, 0.25) is 0 Å². The Kier molecular flexibility index (Phi) is 8.15. The van der Waals surface area contributed by atoms with Crippen LogP contribution >= 0.6 is 0 Å². The lowest BCUT2D eigenvalue weighted by Gasteiger charge is -2.16. The second kappa shape index (κ2) is 11.2. The highest BCUT2D eigenvalue weighted by molar-refractivity contribution is 6.02. The fraction of sp³-hybridized carbons (Fsp3) is 0.179. The molecule has 2 N–H and O–H groups in total. The monoisotopic (exact) mass is 473 g/mol. The number of aromatic nitrogens is 2. The Bertz CT molecular complexity index is 1410. The Labute approximate surface area is 203 Å². The summed E-state index contributed by atoms with van der Waals surface area (Å²) in [6.45, 7) is 9.25. The molecule has 0 aliphatic carbocycles. The van der Waals surface area contributed by atoms with Crippen LogP contribution in [0.25, 0.3) is 22.2 Å². The Morgan fingerprint density at radius 2 is 1.94 bits per heavy atom. The first-order chi connectivity index (χ1) is 16.8. The van der Waals surface area contributed by atoms with Crippen LogP contribution < -0.4 is 10.9 Å². The van der Waals surface area contributed by atoms with Crippen LogP contribution in [0.3, 0.4) is 0 Å². The number of fused-ring (bicyclic) bond motifs is 1. The van der Waals surface area contributed by atoms with Crippen LogP contribution in [0.5, 0.6) is 5.75 Å². The highest BCUT2D eigenvalue weighted by atomic mass is 19.1. The van der Waals surface area contributed by atoms with E-state index in [1.807, 2.05) is 44.2 Å². The molecule has 0 saturated heterocycles. The molecule has 0 saturated carbocycles. The molecular weight excluding hydrogens is 445 g/mol. The van der Waals surface area contributed by atoms with E-state index in [9.17, 15) is 19.1 Å². The van der Waals surface area contributed by atoms with Gasteiger partial charge >= 0.3 is 0 Å². The van der Waals surface area contributed by atoms with Gasteiger partial charge in [0.1, 0.15) is 22.8 Å². The number of nitrogens with zero attached hydrogens (tertiary/aromatic N) is 2. The molecule has 35 heavy (non-hydrogen) atoms. The van der Waals surface area contributed by atoms with Crippen molar-refractivity contribution < 1.29 is 14.3 Å². The fourth-order valence-corrected chi connectivity index (χ4v) is 3.54. The summed E-state index contributed by atoms with van der Waals surface area (Å²) in [5.41, 5.74) is 1.57. The van der Waals surface area contributed by atoms with Crippen LogP contribution in [0.1, 0.15) is 37.6 Å². The molecule has 1 aromatic carbocycles. The summed E-state index contributed by atoms with van der Waals surface area (Å²) in [5.74, 6) is -1.61. The smallest absolute Gasteiger partial charge is 0.269 e. The number of pyridine rings is 2. The van der Waals surface area contributed by atoms with Crippen LogP contribution in [-0.4, -0.2) is 20.6 Å². The minimum Gasteiger partial charge on any atom is -0.506 e. The number of allylic oxidation sites excluding steroid dienone is 7. The van der Waals surface area contributed by atoms with E-state index in [1.54, 1.807) is 31.3 Å². The second-order valence-electron chi connectivity index (χ2n) is 8.01. The summed E-state index contributed by atoms with van der Waals surface area (Å²) in [7, 11) is 0. The molecule has 3 rings (SSSR count). The molecule has 6 nitrogen and oxygen atoms in total. The molecule has 0 bridgehead atoms. The van der Waals surface area contributed by atoms with Crippen molar-refractivity contribution in [2.24, 2.45) is 0 Å². The average Bonchev–Trinajstić information content (AvgIpc) is 2.83. The lowest BCUT2D eigenvalue weighted by molar-refractivity contribution is 0.0961. The molecule has 0 spiro atoms. The van der Waals surface area contributed by atoms with Gasteiger partial charge in [-0.15, -0.1) is 0 Å². The van der Waals surface area contributed by atoms with E-state index in [0.29, 0.717) is 16.8 Å². The molecule has 0 atom stereocenters. The molecule has 0 aliphatic heterocycles. The highest BCUT2D eigenvalue weighted by Crippen LogP contribution is 2.30. The fourth-order valence-electron chi connectivity index (χ4n) is 3.54. The second-order valence-corrected chi connectivity index (χ2v) is 8.01. The van der Waals surface area contributed by atoms with Gasteiger partial charge in [-0.25, -0.2) is 9.37 Å². The third-order valence-corrected chi connectivity index (χ3v) is 5.31. The van der Waals surface area contributed by atoms with E-state index in [0.717, 1.165) is 12.0 Å². The van der Waals surface area contributed by atoms with E-state index < -0.39 is 22.8 Å². The lowest BCUT2D eigenvalue weighted by Crippen LogP contribution is -2.33. The molecule has 7 heteroatoms. The zero-order valence-corrected chi connectivity index (χ0v) is 20.0. The number of carbonyl (C=O) groups excluding carboxylic acids is 1. The first-order valence-electron chi connectivity index (χ1n) is 11.2. The summed E-state index contributed by atoms with van der Waals surface area (Å²) >= 11 is 0. The van der Waals surface area contributed by atoms with Crippen LogP contribution in [0, 0.1) is 5.82 Å². The van der Waals surface area contributed by atoms with Gasteiger partial charge in [-0.2, -0.15) is 0 Å². The minimum absolute atomic E-state index is 0.138. The molecule has 2 heterocycles. The zero-order valence-electron chi connectivity index (χ0n) is 20.0. The number of aromatic hydroxyl groups is 1. The normalized spacial score (nSPS) is 12.1. The standard InChI is InChI=1S/C28H28FN3O3/c1-5-7-8-9-10-19(6-2)17-32-26-23(25(33)24(28(32)35)27(34)31-18(3)4)15-21(16-30-26)20-11-13-22(29)14-12-20/h6-16,33H,3,5,17H2,1-2,4H3,(H,31,34)/b8-7+,10-9-,19-6+. The van der Waals surface area contributed by atoms with E-state index in [2.05, 4.69) is 16.9 Å². The first-order valence-corrected chi connectivity index (χ1v) is 11.2. The van der Waals surface area contributed by atoms with Crippen molar-refractivity contribution in [1.82, 2.24) is 14.9 Å². The molecule has 1 amide bonds. The topological polar surface area (TPSA) is 84.2 Å². The van der Waals surface area contributed by atoms with Gasteiger partial charge in [0, 0.05) is 17.5 Å². The van der Waals surface area contributed by atoms with Crippen LogP contribution in [0.15, 0.2) is 89.6 Å². The van der Waals surface area contributed by atoms with Crippen molar-refractivity contribution >= 4 is 16.9 Å². The van der Waals surface area contributed by atoms with Gasteiger partial charge in [0.15, 0.2) is 0 Å². The Hall–Kier alpha value is -4.26. The van der Waals surface area contributed by atoms with Gasteiger partial charge in [-0.3, -0.25) is 14.2 Å². The number of halogens is 1. The number of amides is 1. The van der Waals surface area contributed by atoms with Crippen molar-refractivity contribution in [3.63, 3.8) is 0 Å². The molecule has 3 aromatic rings. The van der Waals surface area contributed by atoms with Gasteiger partial charge in [0.05, 0.1) is 11.9 Å². The van der Waals surface area contributed by atoms with Crippen LogP contribution in [-0.2, 0) is 6.54 Å². The molecule has 0 unspecified atom stereocenters. The first kappa shape index (κ1) is 25.4. The number of carbonyl (C=O) groups is 1. The van der Waals surface area contributed by atoms with Crippen molar-refractivity contribution in [2.45, 2.75) is 33.7 Å². The van der Waals surface area contributed by atoms with E-state index in [-0.39, 0.29) is 23.4 Å². The quantitative estimate of drug-likeness (QED) is 0.415. The number of hydrogen-bond donors (Lipinski definition) is 2. The zero-order chi connectivity index (χ0) is 25.5. The Balaban J connectivity index is 2.24. The van der Waals surface area contributed by atoms with Gasteiger partial charge in [-0.1, -0.05) is 56.0 Å². The lowest BCUT2D eigenvalue weighted by atomic mass is 10.0. The predicted octanol–water partition coefficient (Wildman–Crippen LogP) is 5.64. The van der Waals surface area contributed by atoms with Crippen molar-refractivity contribution in [3.05, 3.63) is 106 Å². The molecule has 2 aromatic heterocycles. The number of rotatable bonds is 8. The SMILES string of the molecule is C=C(C)NC(=O)c1c(O)c2cc(-c3ccc(F)cc3)cnc2n(CC(/C=C\C=C\CC)=C/C)c1=O. The Morgan fingerprint density at radius 3 is 2.57 bits per heavy atom. The van der Waals surface area contributed by atoms with E-state index in [1.165, 1.54) is 16.7 Å². The summed E-state index contributed by atoms with van der Waals surface area (Å²) in [6, 6.07) is 7.46. The summed E-state index contributed by atoms with van der Waals surface area (Å²) in [6.07, 6.45) is 12.0. The van der Waals surface area contributed by atoms with Gasteiger partial charge in [-0.05, 0) is 49.6 Å². The number of benzene rings is 1. The van der Waals surface area contributed by atoms with Crippen LogP contribution in [0.4, 0.5) is 4.39 Å². The average molecular weight is 474 g/mol. The van der Waals surface area contributed by atoms with Gasteiger partial charge < -0.3 is 10.4 Å². The molecule has 0 aliphatic rings. The third kappa shape index (κ3) is 5.81. The third-order valence-electron chi connectivity index (χ3n) is 5.31. The highest BCUT2D eigenvalue weighted by Gasteiger charge is 2.23. The number of hydrogen-bond acceptors (Lipinski definition) is 4. The molecule has 180 valence electrons. The Morgan fingerprint density at radius 1 is 1.23 bits per heavy atom. The summed E-state index contributed by atoms with van der Waals surface area (Å²) in [4.78, 5) is 30.7. The predicted molar refractivity (Wildman–Crippen MR) is 138 cm³/mol. The van der Waals surface area contributed by atoms with Crippen molar-refractivity contribution in [3.8, 4) is 16.9 Å². The largest absolute Gasteiger partial charge is 0.506 e. The number of nitrogens with one attached hydrogen (secondary N) is 1. The maximum absolute atomic E-state index is 13.4. The molecular formula is C28H28FN3O3. The summed E-state index contributed by atoms with van der Waals surface area (Å²) in [5, 5.41) is 13.7. The maximum atomic E-state index is 13.4. The van der Waals surface area contributed by atoms with Crippen molar-refractivity contribution in [2.75, 3.05) is 0 Å². The van der Waals surface area contributed by atoms with E-state index >= 15 is 0 Å². The van der Waals surface area contributed by atoms with Gasteiger partial charge in [0.25, 0.3) is 11.5 Å². The maximum Gasteiger partial charge on any atom is 0.269 e. The van der Waals surface area contributed by atoms with E-state index in [4.69, 9.17) is 0 Å². The minimum atomic E-state index is -0.758. The summed E-state index contributed by atoms with van der Waals surface area (Å²) < 4.78 is 14.8. The van der Waals surface area contributed by atoms with Gasteiger partial charge in [0.2, 0.25) is 0 Å². The molecule has 0 radical (unpaired) electrons. The molecule has 0 fully saturated rings. The van der Waals surface area contributed by atoms with Crippen molar-refractivity contribution in [1.29, 1.82) is 0 Å².